The Morgan fingerprint density at radius 3 is 2.33 bits per heavy atom. The molecule has 0 spiro atoms. The van der Waals surface area contributed by atoms with E-state index in [9.17, 15) is 5.11 Å². The van der Waals surface area contributed by atoms with Gasteiger partial charge in [-0.3, -0.25) is 0 Å². The van der Waals surface area contributed by atoms with E-state index in [2.05, 4.69) is 51.9 Å². The third-order valence-electron chi connectivity index (χ3n) is 4.72. The highest BCUT2D eigenvalue weighted by Gasteiger charge is 2.30. The Kier molecular flexibility index (Phi) is 11.3. The average Bonchev–Trinajstić information content (AvgIpc) is 3.03. The van der Waals surface area contributed by atoms with Crippen LogP contribution >= 0.6 is 0 Å². The first kappa shape index (κ1) is 25.4. The van der Waals surface area contributed by atoms with Crippen LogP contribution in [0.5, 0.6) is 0 Å². The number of rotatable bonds is 11. The van der Waals surface area contributed by atoms with Gasteiger partial charge in [0.2, 0.25) is 5.89 Å². The van der Waals surface area contributed by atoms with Crippen LogP contribution < -0.4 is 0 Å². The van der Waals surface area contributed by atoms with E-state index in [1.165, 1.54) is 5.57 Å². The fourth-order valence-corrected chi connectivity index (χ4v) is 3.67. The monoisotopic (exact) mass is 375 g/mol. The molecule has 1 aromatic rings. The van der Waals surface area contributed by atoms with Crippen molar-refractivity contribution in [2.45, 2.75) is 86.7 Å². The second kappa shape index (κ2) is 12.0. The second-order valence-corrected chi connectivity index (χ2v) is 8.36. The van der Waals surface area contributed by atoms with E-state index in [0.29, 0.717) is 12.3 Å². The Balaban J connectivity index is 0.00000326. The first-order valence-corrected chi connectivity index (χ1v) is 10.2. The third kappa shape index (κ3) is 9.23. The maximum Gasteiger partial charge on any atom is 0.223 e. The van der Waals surface area contributed by atoms with Crippen molar-refractivity contribution in [1.82, 2.24) is 4.98 Å². The molecule has 1 unspecified atom stereocenters. The first-order chi connectivity index (χ1) is 12.6. The molecule has 0 amide bonds. The number of aliphatic hydroxyl groups is 1. The van der Waals surface area contributed by atoms with Crippen molar-refractivity contribution in [3.63, 3.8) is 0 Å². The standard InChI is InChI=1S/C22H35NO2.C2H6/c1-8-12-18(9-2)22(6,7)16-21(4,5)14-11-10-13-19(24)20-23-15-17(3)25-20;1-2/h8-9,12,15,19,24H,1-2,10-11,13-14,16H2,3-7H3;1-2H3/b18-12+;. The highest BCUT2D eigenvalue weighted by Crippen LogP contribution is 2.42. The quantitative estimate of drug-likeness (QED) is 0.325. The van der Waals surface area contributed by atoms with Gasteiger partial charge in [-0.2, -0.15) is 0 Å². The smallest absolute Gasteiger partial charge is 0.223 e. The maximum absolute atomic E-state index is 10.1. The molecule has 0 aliphatic carbocycles. The molecule has 27 heavy (non-hydrogen) atoms. The van der Waals surface area contributed by atoms with E-state index in [1.807, 2.05) is 32.9 Å². The number of aliphatic hydroxyl groups excluding tert-OH is 1. The minimum absolute atomic E-state index is 0.0641. The number of nitrogens with zero attached hydrogens (tertiary/aromatic N) is 1. The molecule has 3 heteroatoms. The van der Waals surface area contributed by atoms with Crippen molar-refractivity contribution in [3.8, 4) is 0 Å². The minimum Gasteiger partial charge on any atom is -0.443 e. The summed E-state index contributed by atoms with van der Waals surface area (Å²) in [5.41, 5.74) is 1.51. The molecular formula is C24H41NO2. The third-order valence-corrected chi connectivity index (χ3v) is 4.72. The lowest BCUT2D eigenvalue weighted by atomic mass is 9.69. The molecule has 0 saturated heterocycles. The number of aryl methyl sites for hydroxylation is 1. The Morgan fingerprint density at radius 2 is 1.85 bits per heavy atom. The van der Waals surface area contributed by atoms with Gasteiger partial charge >= 0.3 is 0 Å². The van der Waals surface area contributed by atoms with E-state index >= 15 is 0 Å². The summed E-state index contributed by atoms with van der Waals surface area (Å²) in [5, 5.41) is 10.1. The van der Waals surface area contributed by atoms with Gasteiger partial charge in [0.15, 0.2) is 0 Å². The van der Waals surface area contributed by atoms with Crippen LogP contribution in [0, 0.1) is 17.8 Å². The molecule has 0 bridgehead atoms. The summed E-state index contributed by atoms with van der Waals surface area (Å²) < 4.78 is 5.39. The number of oxazole rings is 1. The molecule has 1 atom stereocenters. The van der Waals surface area contributed by atoms with Gasteiger partial charge in [0.1, 0.15) is 11.9 Å². The van der Waals surface area contributed by atoms with Crippen molar-refractivity contribution in [2.24, 2.45) is 10.8 Å². The van der Waals surface area contributed by atoms with E-state index in [1.54, 1.807) is 6.20 Å². The van der Waals surface area contributed by atoms with Gasteiger partial charge in [-0.15, -0.1) is 0 Å². The molecular weight excluding hydrogens is 334 g/mol. The van der Waals surface area contributed by atoms with Crippen LogP contribution in [0.4, 0.5) is 0 Å². The van der Waals surface area contributed by atoms with E-state index in [4.69, 9.17) is 4.42 Å². The van der Waals surface area contributed by atoms with Gasteiger partial charge in [0, 0.05) is 0 Å². The molecule has 0 fully saturated rings. The van der Waals surface area contributed by atoms with Crippen LogP contribution in [0.1, 0.15) is 91.4 Å². The second-order valence-electron chi connectivity index (χ2n) is 8.36. The predicted molar refractivity (Wildman–Crippen MR) is 117 cm³/mol. The van der Waals surface area contributed by atoms with Crippen LogP contribution in [-0.2, 0) is 0 Å². The summed E-state index contributed by atoms with van der Waals surface area (Å²) in [6.07, 6.45) is 11.8. The summed E-state index contributed by atoms with van der Waals surface area (Å²) >= 11 is 0. The van der Waals surface area contributed by atoms with Crippen LogP contribution in [-0.4, -0.2) is 10.1 Å². The van der Waals surface area contributed by atoms with Crippen LogP contribution in [0.15, 0.2) is 47.6 Å². The summed E-state index contributed by atoms with van der Waals surface area (Å²) in [6.45, 7) is 22.7. The molecule has 1 heterocycles. The molecule has 1 aromatic heterocycles. The van der Waals surface area contributed by atoms with Gasteiger partial charge in [0.05, 0.1) is 6.20 Å². The van der Waals surface area contributed by atoms with Gasteiger partial charge < -0.3 is 9.52 Å². The van der Waals surface area contributed by atoms with Crippen molar-refractivity contribution < 1.29 is 9.52 Å². The van der Waals surface area contributed by atoms with Gasteiger partial charge in [-0.1, -0.05) is 85.8 Å². The van der Waals surface area contributed by atoms with Crippen molar-refractivity contribution in [1.29, 1.82) is 0 Å². The largest absolute Gasteiger partial charge is 0.443 e. The zero-order chi connectivity index (χ0) is 21.1. The molecule has 1 N–H and O–H groups in total. The molecule has 0 aromatic carbocycles. The summed E-state index contributed by atoms with van der Waals surface area (Å²) in [5.74, 6) is 1.17. The van der Waals surface area contributed by atoms with Crippen molar-refractivity contribution in [3.05, 3.63) is 54.8 Å². The lowest BCUT2D eigenvalue weighted by molar-refractivity contribution is 0.126. The Hall–Kier alpha value is -1.61. The SMILES string of the molecule is C=C/C=C(\C=C)C(C)(C)CC(C)(C)CCCCC(O)c1ncc(C)o1.CC. The Bertz CT molecular complexity index is 593. The molecule has 0 saturated carbocycles. The minimum atomic E-state index is -0.601. The fraction of sp³-hybridized carbons (Fsp3) is 0.625. The van der Waals surface area contributed by atoms with E-state index in [-0.39, 0.29) is 10.8 Å². The first-order valence-electron chi connectivity index (χ1n) is 10.2. The molecule has 154 valence electrons. The topological polar surface area (TPSA) is 46.3 Å². The number of unbranched alkanes of at least 4 members (excludes halogenated alkanes) is 1. The highest BCUT2D eigenvalue weighted by atomic mass is 16.4. The zero-order valence-corrected chi connectivity index (χ0v) is 18.6. The van der Waals surface area contributed by atoms with Gasteiger partial charge in [-0.25, -0.2) is 4.98 Å². The lowest BCUT2D eigenvalue weighted by Gasteiger charge is -2.36. The average molecular weight is 376 g/mol. The van der Waals surface area contributed by atoms with E-state index < -0.39 is 6.10 Å². The van der Waals surface area contributed by atoms with Crippen LogP contribution in [0.2, 0.25) is 0 Å². The molecule has 0 aliphatic heterocycles. The number of hydrogen-bond acceptors (Lipinski definition) is 3. The van der Waals surface area contributed by atoms with Crippen molar-refractivity contribution >= 4 is 0 Å². The van der Waals surface area contributed by atoms with Crippen molar-refractivity contribution in [2.75, 3.05) is 0 Å². The fourth-order valence-electron chi connectivity index (χ4n) is 3.67. The molecule has 3 nitrogen and oxygen atoms in total. The molecule has 1 rings (SSSR count). The van der Waals surface area contributed by atoms with Gasteiger partial charge in [0.25, 0.3) is 0 Å². The van der Waals surface area contributed by atoms with E-state index in [0.717, 1.165) is 31.4 Å². The maximum atomic E-state index is 10.1. The van der Waals surface area contributed by atoms with Crippen LogP contribution in [0.3, 0.4) is 0 Å². The zero-order valence-electron chi connectivity index (χ0n) is 18.6. The summed E-state index contributed by atoms with van der Waals surface area (Å²) in [4.78, 5) is 4.10. The van der Waals surface area contributed by atoms with Gasteiger partial charge in [-0.05, 0) is 42.6 Å². The lowest BCUT2D eigenvalue weighted by Crippen LogP contribution is -2.24. The van der Waals surface area contributed by atoms with Crippen LogP contribution in [0.25, 0.3) is 0 Å². The number of allylic oxidation sites excluding steroid dienone is 4. The molecule has 0 aliphatic rings. The normalized spacial score (nSPS) is 13.6. The number of aromatic nitrogens is 1. The highest BCUT2D eigenvalue weighted by molar-refractivity contribution is 5.27. The predicted octanol–water partition coefficient (Wildman–Crippen LogP) is 7.34. The summed E-state index contributed by atoms with van der Waals surface area (Å²) in [6, 6.07) is 0. The molecule has 0 radical (unpaired) electrons. The summed E-state index contributed by atoms with van der Waals surface area (Å²) in [7, 11) is 0. The number of hydrogen-bond donors (Lipinski definition) is 1. The Labute approximate surface area is 167 Å². The Morgan fingerprint density at radius 1 is 1.22 bits per heavy atom.